The molecule has 4 aromatic carbocycles. The molecule has 1 saturated heterocycles. The molecule has 4 aromatic rings. The average molecular weight is 577 g/mol. The molecule has 0 radical (unpaired) electrons. The fourth-order valence-corrected chi connectivity index (χ4v) is 6.56. The van der Waals surface area contributed by atoms with Crippen molar-refractivity contribution >= 4 is 7.12 Å². The minimum absolute atomic E-state index is 0.0430. The van der Waals surface area contributed by atoms with Crippen LogP contribution in [0.5, 0.6) is 0 Å². The maximum absolute atomic E-state index is 11.3. The third-order valence-electron chi connectivity index (χ3n) is 8.76. The van der Waals surface area contributed by atoms with Crippen molar-refractivity contribution in [3.63, 3.8) is 0 Å². The van der Waals surface area contributed by atoms with Crippen LogP contribution in [0.4, 0.5) is 0 Å². The Kier molecular flexibility index (Phi) is 9.65. The monoisotopic (exact) mass is 576 g/mol. The minimum atomic E-state index is -1.11. The van der Waals surface area contributed by atoms with Gasteiger partial charge in [-0.05, 0) is 28.2 Å². The maximum Gasteiger partial charge on any atom is 0.467 e. The number of hydrogen-bond acceptors (Lipinski definition) is 5. The van der Waals surface area contributed by atoms with Gasteiger partial charge in [-0.3, -0.25) is 0 Å². The molecule has 222 valence electrons. The predicted octanol–water partition coefficient (Wildman–Crippen LogP) is 7.01. The van der Waals surface area contributed by atoms with E-state index in [9.17, 15) is 5.11 Å². The summed E-state index contributed by atoms with van der Waals surface area (Å²) in [5, 5.41) is 11.3. The molecule has 0 unspecified atom stereocenters. The zero-order chi connectivity index (χ0) is 30.5. The summed E-state index contributed by atoms with van der Waals surface area (Å²) in [7, 11) is 2.59. The first kappa shape index (κ1) is 30.9. The molecule has 0 saturated carbocycles. The van der Waals surface area contributed by atoms with E-state index < -0.39 is 42.4 Å². The topological polar surface area (TPSA) is 57.2 Å². The molecule has 5 rings (SSSR count). The summed E-state index contributed by atoms with van der Waals surface area (Å²) < 4.78 is 27.4. The van der Waals surface area contributed by atoms with Crippen LogP contribution in [0.3, 0.4) is 0 Å². The molecular formula is C37H41BO5. The number of rotatable bonds is 12. The molecule has 1 fully saturated rings. The first-order valence-electron chi connectivity index (χ1n) is 14.9. The Labute approximate surface area is 256 Å². The van der Waals surface area contributed by atoms with Gasteiger partial charge in [-0.25, -0.2) is 0 Å². The van der Waals surface area contributed by atoms with Crippen LogP contribution in [0, 0.1) is 5.92 Å². The molecule has 1 aliphatic rings. The molecule has 1 N–H and O–H groups in total. The molecule has 6 heteroatoms. The number of ether oxygens (including phenoxy) is 2. The van der Waals surface area contributed by atoms with Gasteiger partial charge in [0, 0.05) is 20.0 Å². The first-order valence-corrected chi connectivity index (χ1v) is 14.9. The van der Waals surface area contributed by atoms with Gasteiger partial charge in [-0.2, -0.15) is 0 Å². The van der Waals surface area contributed by atoms with Crippen LogP contribution < -0.4 is 0 Å². The lowest BCUT2D eigenvalue weighted by atomic mass is 9.66. The van der Waals surface area contributed by atoms with Gasteiger partial charge >= 0.3 is 7.12 Å². The van der Waals surface area contributed by atoms with Crippen LogP contribution in [0.1, 0.15) is 36.1 Å². The second-order valence-electron chi connectivity index (χ2n) is 11.4. The molecule has 0 spiro atoms. The normalized spacial score (nSPS) is 18.9. The van der Waals surface area contributed by atoms with Crippen molar-refractivity contribution in [3.05, 3.63) is 156 Å². The molecule has 0 aliphatic carbocycles. The van der Waals surface area contributed by atoms with Crippen LogP contribution in [0.2, 0.25) is 5.82 Å². The molecule has 0 aromatic heterocycles. The Balaban J connectivity index is 1.82. The summed E-state index contributed by atoms with van der Waals surface area (Å²) in [6, 6.07) is 40.4. The maximum atomic E-state index is 11.3. The van der Waals surface area contributed by atoms with Crippen molar-refractivity contribution in [2.75, 3.05) is 14.2 Å². The highest BCUT2D eigenvalue weighted by Gasteiger charge is 2.63. The van der Waals surface area contributed by atoms with E-state index >= 15 is 0 Å². The molecular weight excluding hydrogens is 535 g/mol. The van der Waals surface area contributed by atoms with Gasteiger partial charge in [-0.15, -0.1) is 6.58 Å². The quantitative estimate of drug-likeness (QED) is 0.145. The van der Waals surface area contributed by atoms with Gasteiger partial charge in [-0.1, -0.05) is 141 Å². The van der Waals surface area contributed by atoms with Gasteiger partial charge in [0.05, 0.1) is 6.10 Å². The standard InChI is InChI=1S/C37H41BO5/c1-6-32(33(39)27(2)3)38-42-34(36(40-4,28-19-11-7-12-20-28)29-21-13-8-14-22-29)35(43-38)37(41-5,30-23-15-9-16-24-30)31-25-17-10-18-26-31/h6-27,32-35,39H,1H2,2-5H3/t32-,33+,34+,35+/m0/s1. The van der Waals surface area contributed by atoms with E-state index in [1.54, 1.807) is 20.3 Å². The summed E-state index contributed by atoms with van der Waals surface area (Å²) in [6.07, 6.45) is -0.463. The van der Waals surface area contributed by atoms with Crippen molar-refractivity contribution in [1.82, 2.24) is 0 Å². The van der Waals surface area contributed by atoms with Crippen molar-refractivity contribution in [1.29, 1.82) is 0 Å². The largest absolute Gasteiger partial charge is 0.467 e. The fourth-order valence-electron chi connectivity index (χ4n) is 6.56. The Morgan fingerprint density at radius 2 is 0.953 bits per heavy atom. The Hall–Kier alpha value is -3.52. The summed E-state index contributed by atoms with van der Waals surface area (Å²) >= 11 is 0. The zero-order valence-electron chi connectivity index (χ0n) is 25.4. The molecule has 0 bridgehead atoms. The van der Waals surface area contributed by atoms with E-state index in [0.29, 0.717) is 0 Å². The predicted molar refractivity (Wildman–Crippen MR) is 172 cm³/mol. The Morgan fingerprint density at radius 1 is 0.651 bits per heavy atom. The number of aliphatic hydroxyl groups excluding tert-OH is 1. The lowest BCUT2D eigenvalue weighted by molar-refractivity contribution is -0.136. The Morgan fingerprint density at radius 3 is 1.19 bits per heavy atom. The van der Waals surface area contributed by atoms with Gasteiger partial charge in [0.15, 0.2) is 0 Å². The van der Waals surface area contributed by atoms with E-state index in [4.69, 9.17) is 18.8 Å². The van der Waals surface area contributed by atoms with Crippen LogP contribution in [0.25, 0.3) is 0 Å². The van der Waals surface area contributed by atoms with Crippen LogP contribution in [-0.4, -0.2) is 44.8 Å². The fraction of sp³-hybridized carbons (Fsp3) is 0.297. The Bertz CT molecular complexity index is 1250. The first-order chi connectivity index (χ1) is 20.9. The summed E-state index contributed by atoms with van der Waals surface area (Å²) in [4.78, 5) is 0. The van der Waals surface area contributed by atoms with Gasteiger partial charge in [0.25, 0.3) is 0 Å². The van der Waals surface area contributed by atoms with Crippen LogP contribution >= 0.6 is 0 Å². The van der Waals surface area contributed by atoms with E-state index in [1.165, 1.54) is 0 Å². The van der Waals surface area contributed by atoms with Gasteiger partial charge in [0.2, 0.25) is 0 Å². The van der Waals surface area contributed by atoms with Crippen molar-refractivity contribution in [3.8, 4) is 0 Å². The number of aliphatic hydroxyl groups is 1. The smallest absolute Gasteiger partial charge is 0.401 e. The molecule has 43 heavy (non-hydrogen) atoms. The highest BCUT2D eigenvalue weighted by molar-refractivity contribution is 6.48. The van der Waals surface area contributed by atoms with E-state index in [2.05, 4.69) is 55.1 Å². The number of benzene rings is 4. The molecule has 1 aliphatic heterocycles. The molecule has 1 heterocycles. The van der Waals surface area contributed by atoms with Crippen LogP contribution in [-0.2, 0) is 30.0 Å². The van der Waals surface area contributed by atoms with E-state index in [-0.39, 0.29) is 5.92 Å². The minimum Gasteiger partial charge on any atom is -0.401 e. The lowest BCUT2D eigenvalue weighted by Crippen LogP contribution is -2.56. The third kappa shape index (κ3) is 5.50. The third-order valence-corrected chi connectivity index (χ3v) is 8.76. The van der Waals surface area contributed by atoms with Gasteiger partial charge < -0.3 is 23.9 Å². The molecule has 5 nitrogen and oxygen atoms in total. The van der Waals surface area contributed by atoms with E-state index in [0.717, 1.165) is 22.3 Å². The van der Waals surface area contributed by atoms with E-state index in [1.807, 2.05) is 86.6 Å². The second kappa shape index (κ2) is 13.4. The van der Waals surface area contributed by atoms with Gasteiger partial charge in [0.1, 0.15) is 23.4 Å². The summed E-state index contributed by atoms with van der Waals surface area (Å²) in [6.45, 7) is 8.03. The lowest BCUT2D eigenvalue weighted by Gasteiger charge is -2.47. The number of methoxy groups -OCH3 is 2. The highest BCUT2D eigenvalue weighted by Crippen LogP contribution is 2.51. The van der Waals surface area contributed by atoms with Crippen molar-refractivity contribution in [2.24, 2.45) is 5.92 Å². The van der Waals surface area contributed by atoms with Crippen molar-refractivity contribution in [2.45, 2.75) is 49.2 Å². The van der Waals surface area contributed by atoms with Crippen LogP contribution in [0.15, 0.2) is 134 Å². The molecule has 0 amide bonds. The van der Waals surface area contributed by atoms with Crippen molar-refractivity contribution < 1.29 is 23.9 Å². The SMILES string of the molecule is C=C[C@H](B1O[C@@H](C(OC)(c2ccccc2)c2ccccc2)[C@H](C(OC)(c2ccccc2)c2ccccc2)O1)[C@H](O)C(C)C. The summed E-state index contributed by atoms with van der Waals surface area (Å²) in [5.74, 6) is -0.548. The number of hydrogen-bond donors (Lipinski definition) is 1. The highest BCUT2D eigenvalue weighted by atomic mass is 16.7. The molecule has 4 atom stereocenters. The average Bonchev–Trinajstić information content (AvgIpc) is 3.50. The second-order valence-corrected chi connectivity index (χ2v) is 11.4. The summed E-state index contributed by atoms with van der Waals surface area (Å²) in [5.41, 5.74) is 1.43. The zero-order valence-corrected chi connectivity index (χ0v) is 25.4.